The summed E-state index contributed by atoms with van der Waals surface area (Å²) in [7, 11) is 0. The van der Waals surface area contributed by atoms with Crippen LogP contribution >= 0.6 is 27.3 Å². The van der Waals surface area contributed by atoms with Gasteiger partial charge in [-0.25, -0.2) is 4.99 Å². The SMILES string of the molecule is CCN(c1sc(Br)c(C(=O)NCC2C(=O)N=C(C)C=C2C)c1C)C1CCOCC1. The van der Waals surface area contributed by atoms with E-state index in [0.717, 1.165) is 52.5 Å². The molecule has 1 fully saturated rings. The van der Waals surface area contributed by atoms with Crippen LogP contribution in [0.5, 0.6) is 0 Å². The van der Waals surface area contributed by atoms with Crippen molar-refractivity contribution in [3.05, 3.63) is 26.6 Å². The topological polar surface area (TPSA) is 71.0 Å². The van der Waals surface area contributed by atoms with Crippen LogP contribution in [0.15, 0.2) is 20.4 Å². The number of carbonyl (C=O) groups is 2. The third-order valence-corrected chi connectivity index (χ3v) is 7.58. The van der Waals surface area contributed by atoms with Gasteiger partial charge in [0, 0.05) is 38.1 Å². The number of allylic oxidation sites excluding steroid dienone is 1. The van der Waals surface area contributed by atoms with Crippen LogP contribution in [0.1, 0.15) is 49.5 Å². The summed E-state index contributed by atoms with van der Waals surface area (Å²) in [6, 6.07) is 0.433. The van der Waals surface area contributed by atoms with Crippen molar-refractivity contribution in [3.8, 4) is 0 Å². The van der Waals surface area contributed by atoms with Gasteiger partial charge in [0.05, 0.1) is 20.3 Å². The molecule has 2 aliphatic heterocycles. The number of hydrogen-bond donors (Lipinski definition) is 1. The van der Waals surface area contributed by atoms with Crippen molar-refractivity contribution < 1.29 is 14.3 Å². The van der Waals surface area contributed by atoms with Gasteiger partial charge in [-0.3, -0.25) is 9.59 Å². The van der Waals surface area contributed by atoms with Crippen molar-refractivity contribution in [1.29, 1.82) is 0 Å². The quantitative estimate of drug-likeness (QED) is 0.663. The Morgan fingerprint density at radius 1 is 1.34 bits per heavy atom. The van der Waals surface area contributed by atoms with Crippen LogP contribution in [0.3, 0.4) is 0 Å². The van der Waals surface area contributed by atoms with Gasteiger partial charge in [0.2, 0.25) is 0 Å². The summed E-state index contributed by atoms with van der Waals surface area (Å²) in [5.41, 5.74) is 3.27. The van der Waals surface area contributed by atoms with E-state index in [9.17, 15) is 9.59 Å². The molecule has 3 heterocycles. The lowest BCUT2D eigenvalue weighted by Crippen LogP contribution is -2.39. The molecule has 1 aromatic rings. The molecule has 1 unspecified atom stereocenters. The second-order valence-corrected chi connectivity index (χ2v) is 9.87. The van der Waals surface area contributed by atoms with Gasteiger partial charge in [-0.15, -0.1) is 11.3 Å². The molecule has 0 radical (unpaired) electrons. The maximum Gasteiger partial charge on any atom is 0.254 e. The number of halogens is 1. The first-order valence-corrected chi connectivity index (χ1v) is 11.6. The normalized spacial score (nSPS) is 20.3. The van der Waals surface area contributed by atoms with Crippen LogP contribution < -0.4 is 10.2 Å². The summed E-state index contributed by atoms with van der Waals surface area (Å²) in [5, 5.41) is 4.07. The minimum Gasteiger partial charge on any atom is -0.381 e. The first-order valence-electron chi connectivity index (χ1n) is 10.0. The van der Waals surface area contributed by atoms with E-state index in [-0.39, 0.29) is 18.4 Å². The minimum atomic E-state index is -0.394. The van der Waals surface area contributed by atoms with E-state index in [4.69, 9.17) is 4.74 Å². The molecule has 2 amide bonds. The van der Waals surface area contributed by atoms with Gasteiger partial charge in [-0.1, -0.05) is 5.57 Å². The molecule has 1 atom stereocenters. The molecule has 1 aromatic heterocycles. The number of aliphatic imine (C=N–C) groups is 1. The molecule has 3 rings (SSSR count). The Bertz CT molecular complexity index is 856. The molecule has 8 heteroatoms. The summed E-state index contributed by atoms with van der Waals surface area (Å²) in [6.45, 7) is 10.6. The van der Waals surface area contributed by atoms with Crippen molar-refractivity contribution in [2.45, 2.75) is 46.6 Å². The Hall–Kier alpha value is -1.51. The molecular formula is C21H28BrN3O3S. The highest BCUT2D eigenvalue weighted by molar-refractivity contribution is 9.11. The smallest absolute Gasteiger partial charge is 0.254 e. The predicted molar refractivity (Wildman–Crippen MR) is 121 cm³/mol. The van der Waals surface area contributed by atoms with E-state index in [1.165, 1.54) is 0 Å². The molecule has 0 aliphatic carbocycles. The third-order valence-electron chi connectivity index (χ3n) is 5.58. The number of amides is 2. The second kappa shape index (κ2) is 9.53. The fraction of sp³-hybridized carbons (Fsp3) is 0.571. The maximum atomic E-state index is 13.0. The molecule has 1 N–H and O–H groups in total. The average molecular weight is 482 g/mol. The largest absolute Gasteiger partial charge is 0.381 e. The van der Waals surface area contributed by atoms with Crippen molar-refractivity contribution in [3.63, 3.8) is 0 Å². The van der Waals surface area contributed by atoms with Gasteiger partial charge in [-0.05, 0) is 68.1 Å². The van der Waals surface area contributed by atoms with E-state index in [1.54, 1.807) is 11.3 Å². The molecular weight excluding hydrogens is 454 g/mol. The Labute approximate surface area is 184 Å². The van der Waals surface area contributed by atoms with E-state index < -0.39 is 5.92 Å². The molecule has 0 spiro atoms. The number of nitrogens with zero attached hydrogens (tertiary/aromatic N) is 2. The van der Waals surface area contributed by atoms with Gasteiger partial charge in [-0.2, -0.15) is 0 Å². The van der Waals surface area contributed by atoms with Crippen LogP contribution in [0.25, 0.3) is 0 Å². The minimum absolute atomic E-state index is 0.160. The molecule has 0 saturated carbocycles. The lowest BCUT2D eigenvalue weighted by atomic mass is 9.95. The molecule has 6 nitrogen and oxygen atoms in total. The van der Waals surface area contributed by atoms with Crippen LogP contribution in [-0.2, 0) is 9.53 Å². The Balaban J connectivity index is 1.74. The average Bonchev–Trinajstić information content (AvgIpc) is 2.96. The summed E-state index contributed by atoms with van der Waals surface area (Å²) in [4.78, 5) is 31.6. The van der Waals surface area contributed by atoms with Gasteiger partial charge in [0.25, 0.3) is 11.8 Å². The highest BCUT2D eigenvalue weighted by Crippen LogP contribution is 2.41. The highest BCUT2D eigenvalue weighted by atomic mass is 79.9. The molecule has 0 aromatic carbocycles. The van der Waals surface area contributed by atoms with Crippen molar-refractivity contribution in [1.82, 2.24) is 5.32 Å². The van der Waals surface area contributed by atoms with E-state index in [2.05, 4.69) is 38.1 Å². The molecule has 1 saturated heterocycles. The number of dihydropyridines is 1. The summed E-state index contributed by atoms with van der Waals surface area (Å²) < 4.78 is 6.33. The van der Waals surface area contributed by atoms with Crippen molar-refractivity contribution in [2.75, 3.05) is 31.2 Å². The molecule has 0 bridgehead atoms. The zero-order valence-corrected chi connectivity index (χ0v) is 19.8. The summed E-state index contributed by atoms with van der Waals surface area (Å²) >= 11 is 5.19. The summed E-state index contributed by atoms with van der Waals surface area (Å²) in [6.07, 6.45) is 3.90. The van der Waals surface area contributed by atoms with Crippen LogP contribution in [0.2, 0.25) is 0 Å². The van der Waals surface area contributed by atoms with E-state index >= 15 is 0 Å². The lowest BCUT2D eigenvalue weighted by Gasteiger charge is -2.34. The van der Waals surface area contributed by atoms with Crippen LogP contribution in [-0.4, -0.2) is 49.9 Å². The summed E-state index contributed by atoms with van der Waals surface area (Å²) in [5.74, 6) is -0.748. The lowest BCUT2D eigenvalue weighted by molar-refractivity contribution is -0.120. The van der Waals surface area contributed by atoms with E-state index in [1.807, 2.05) is 26.8 Å². The standard InChI is InChI=1S/C21H28BrN3O3S/c1-5-25(15-6-8-28-9-7-15)21-14(4)17(18(22)29-21)20(27)23-11-16-12(2)10-13(3)24-19(16)26/h10,15-16H,5-9,11H2,1-4H3,(H,23,27). The third kappa shape index (κ3) is 4.81. The number of thiophene rings is 1. The molecule has 29 heavy (non-hydrogen) atoms. The number of ether oxygens (including phenoxy) is 1. The number of carbonyl (C=O) groups excluding carboxylic acids is 2. The maximum absolute atomic E-state index is 13.0. The predicted octanol–water partition coefficient (Wildman–Crippen LogP) is 4.12. The zero-order valence-electron chi connectivity index (χ0n) is 17.4. The number of anilines is 1. The first kappa shape index (κ1) is 22.2. The molecule has 158 valence electrons. The Morgan fingerprint density at radius 2 is 2.03 bits per heavy atom. The Morgan fingerprint density at radius 3 is 2.66 bits per heavy atom. The Kier molecular flexibility index (Phi) is 7.29. The van der Waals surface area contributed by atoms with Crippen molar-refractivity contribution in [2.24, 2.45) is 10.9 Å². The van der Waals surface area contributed by atoms with Crippen molar-refractivity contribution >= 4 is 49.8 Å². The van der Waals surface area contributed by atoms with Crippen LogP contribution in [0, 0.1) is 12.8 Å². The first-order chi connectivity index (χ1) is 13.8. The number of nitrogens with one attached hydrogen (secondary N) is 1. The number of rotatable bonds is 6. The van der Waals surface area contributed by atoms with Gasteiger partial charge < -0.3 is 15.0 Å². The second-order valence-electron chi connectivity index (χ2n) is 7.55. The van der Waals surface area contributed by atoms with Gasteiger partial charge in [0.15, 0.2) is 0 Å². The fourth-order valence-electron chi connectivity index (χ4n) is 4.01. The van der Waals surface area contributed by atoms with Gasteiger partial charge in [0.1, 0.15) is 0 Å². The van der Waals surface area contributed by atoms with Crippen LogP contribution in [0.4, 0.5) is 5.00 Å². The van der Waals surface area contributed by atoms with Gasteiger partial charge >= 0.3 is 0 Å². The monoisotopic (exact) mass is 481 g/mol. The van der Waals surface area contributed by atoms with E-state index in [0.29, 0.717) is 17.3 Å². The zero-order chi connectivity index (χ0) is 21.1. The number of hydrogen-bond acceptors (Lipinski definition) is 5. The molecule has 2 aliphatic rings. The fourth-order valence-corrected chi connectivity index (χ4v) is 6.11. The highest BCUT2D eigenvalue weighted by Gasteiger charge is 2.29.